The summed E-state index contributed by atoms with van der Waals surface area (Å²) in [4.78, 5) is 14.5. The van der Waals surface area contributed by atoms with Crippen LogP contribution in [0.15, 0.2) is 56.5 Å². The van der Waals surface area contributed by atoms with Crippen LogP contribution in [0, 0.1) is 0 Å². The first-order valence-electron chi connectivity index (χ1n) is 8.63. The predicted octanol–water partition coefficient (Wildman–Crippen LogP) is 3.52. The molecule has 1 saturated heterocycles. The Morgan fingerprint density at radius 3 is 2.25 bits per heavy atom. The van der Waals surface area contributed by atoms with E-state index in [9.17, 15) is 18.3 Å². The van der Waals surface area contributed by atoms with Crippen LogP contribution in [0.2, 0.25) is 0 Å². The number of fused-ring (bicyclic) bond motifs is 1. The molecular formula is C19H17BrN2O4S2. The lowest BCUT2D eigenvalue weighted by Crippen LogP contribution is -2.50. The Morgan fingerprint density at radius 2 is 1.64 bits per heavy atom. The highest BCUT2D eigenvalue weighted by molar-refractivity contribution is 9.11. The number of carbonyl (C=O) groups excluding carboxylic acids is 1. The van der Waals surface area contributed by atoms with Gasteiger partial charge in [0.15, 0.2) is 0 Å². The number of amides is 1. The maximum Gasteiger partial charge on any atom is 0.257 e. The molecule has 9 heteroatoms. The second-order valence-corrected chi connectivity index (χ2v) is 11.1. The second-order valence-electron chi connectivity index (χ2n) is 6.47. The van der Waals surface area contributed by atoms with Crippen molar-refractivity contribution in [1.29, 1.82) is 0 Å². The van der Waals surface area contributed by atoms with Gasteiger partial charge < -0.3 is 10.0 Å². The van der Waals surface area contributed by atoms with E-state index >= 15 is 0 Å². The molecular weight excluding hydrogens is 464 g/mol. The second kappa shape index (κ2) is 7.47. The first-order chi connectivity index (χ1) is 13.4. The summed E-state index contributed by atoms with van der Waals surface area (Å²) in [5.74, 6) is -0.360. The average Bonchev–Trinajstić information content (AvgIpc) is 3.14. The van der Waals surface area contributed by atoms with Crippen LogP contribution >= 0.6 is 27.3 Å². The van der Waals surface area contributed by atoms with Gasteiger partial charge in [-0.25, -0.2) is 8.42 Å². The maximum absolute atomic E-state index is 12.9. The van der Waals surface area contributed by atoms with Crippen LogP contribution in [0.3, 0.4) is 0 Å². The number of benzene rings is 2. The molecule has 3 aromatic rings. The summed E-state index contributed by atoms with van der Waals surface area (Å²) >= 11 is 4.45. The van der Waals surface area contributed by atoms with E-state index < -0.39 is 10.0 Å². The highest BCUT2D eigenvalue weighted by Crippen LogP contribution is 2.30. The van der Waals surface area contributed by atoms with Gasteiger partial charge in [-0.05, 0) is 51.0 Å². The van der Waals surface area contributed by atoms with Gasteiger partial charge in [0.1, 0.15) is 9.96 Å². The van der Waals surface area contributed by atoms with Crippen LogP contribution in [-0.4, -0.2) is 54.8 Å². The fourth-order valence-electron chi connectivity index (χ4n) is 3.27. The molecule has 1 N–H and O–H groups in total. The molecule has 0 saturated carbocycles. The van der Waals surface area contributed by atoms with Crippen molar-refractivity contribution in [3.63, 3.8) is 0 Å². The Bertz CT molecular complexity index is 1150. The summed E-state index contributed by atoms with van der Waals surface area (Å²) in [5, 5.41) is 12.0. The summed E-state index contributed by atoms with van der Waals surface area (Å²) in [7, 11) is -3.56. The van der Waals surface area contributed by atoms with E-state index in [1.54, 1.807) is 29.2 Å². The van der Waals surface area contributed by atoms with Gasteiger partial charge in [-0.15, -0.1) is 11.3 Å². The van der Waals surface area contributed by atoms with Gasteiger partial charge in [-0.3, -0.25) is 4.79 Å². The molecule has 1 amide bonds. The number of phenolic OH excluding ortho intramolecular Hbond substituents is 1. The molecule has 1 aliphatic rings. The van der Waals surface area contributed by atoms with Crippen molar-refractivity contribution in [2.45, 2.75) is 4.21 Å². The molecule has 0 atom stereocenters. The third-order valence-electron chi connectivity index (χ3n) is 4.76. The number of carbonyl (C=O) groups is 1. The highest BCUT2D eigenvalue weighted by Gasteiger charge is 2.32. The minimum atomic E-state index is -3.56. The SMILES string of the molecule is O=C(c1cc2ccccc2cc1O)N1CCN(S(=O)(=O)c2ccc(Br)s2)CC1. The van der Waals surface area contributed by atoms with Crippen molar-refractivity contribution in [1.82, 2.24) is 9.21 Å². The normalized spacial score (nSPS) is 15.8. The minimum Gasteiger partial charge on any atom is -0.507 e. The number of hydrogen-bond donors (Lipinski definition) is 1. The third kappa shape index (κ3) is 3.55. The lowest BCUT2D eigenvalue weighted by Gasteiger charge is -2.33. The maximum atomic E-state index is 12.9. The number of hydrogen-bond acceptors (Lipinski definition) is 5. The summed E-state index contributed by atoms with van der Waals surface area (Å²) in [6.07, 6.45) is 0. The summed E-state index contributed by atoms with van der Waals surface area (Å²) in [6.45, 7) is 0.990. The number of halogens is 1. The van der Waals surface area contributed by atoms with E-state index in [0.717, 1.165) is 14.6 Å². The van der Waals surface area contributed by atoms with Crippen molar-refractivity contribution in [2.75, 3.05) is 26.2 Å². The Labute approximate surface area is 175 Å². The average molecular weight is 481 g/mol. The minimum absolute atomic E-state index is 0.0674. The molecule has 28 heavy (non-hydrogen) atoms. The highest BCUT2D eigenvalue weighted by atomic mass is 79.9. The Morgan fingerprint density at radius 1 is 1.00 bits per heavy atom. The standard InChI is InChI=1S/C19H17BrN2O4S2/c20-17-5-6-18(27-17)28(25,26)22-9-7-21(8-10-22)19(24)15-11-13-3-1-2-4-14(13)12-16(15)23/h1-6,11-12,23H,7-10H2. The molecule has 0 aliphatic carbocycles. The fourth-order valence-corrected chi connectivity index (χ4v) is 6.85. The van der Waals surface area contributed by atoms with Crippen LogP contribution in [0.5, 0.6) is 5.75 Å². The van der Waals surface area contributed by atoms with E-state index in [4.69, 9.17) is 0 Å². The zero-order valence-electron chi connectivity index (χ0n) is 14.7. The zero-order valence-corrected chi connectivity index (χ0v) is 17.9. The van der Waals surface area contributed by atoms with E-state index in [1.807, 2.05) is 24.3 Å². The number of nitrogens with zero attached hydrogens (tertiary/aromatic N) is 2. The molecule has 1 aliphatic heterocycles. The van der Waals surface area contributed by atoms with Gasteiger partial charge in [0, 0.05) is 26.2 Å². The number of aromatic hydroxyl groups is 1. The molecule has 2 aromatic carbocycles. The summed E-state index contributed by atoms with van der Waals surface area (Å²) < 4.78 is 27.9. The third-order valence-corrected chi connectivity index (χ3v) is 8.75. The van der Waals surface area contributed by atoms with Crippen molar-refractivity contribution in [3.8, 4) is 5.75 Å². The molecule has 146 valence electrons. The Hall–Kier alpha value is -1.94. The van der Waals surface area contributed by atoms with Crippen LogP contribution in [0.1, 0.15) is 10.4 Å². The molecule has 0 radical (unpaired) electrons. The van der Waals surface area contributed by atoms with Gasteiger partial charge in [0.25, 0.3) is 15.9 Å². The smallest absolute Gasteiger partial charge is 0.257 e. The van der Waals surface area contributed by atoms with Crippen molar-refractivity contribution in [2.24, 2.45) is 0 Å². The van der Waals surface area contributed by atoms with E-state index in [-0.39, 0.29) is 47.6 Å². The Kier molecular flexibility index (Phi) is 5.17. The number of thiophene rings is 1. The number of phenols is 1. The number of sulfonamides is 1. The van der Waals surface area contributed by atoms with Gasteiger partial charge >= 0.3 is 0 Å². The van der Waals surface area contributed by atoms with Crippen LogP contribution in [0.4, 0.5) is 0 Å². The van der Waals surface area contributed by atoms with Crippen molar-refractivity contribution >= 4 is 54.0 Å². The quantitative estimate of drug-likeness (QED) is 0.621. The van der Waals surface area contributed by atoms with Gasteiger partial charge in [-0.1, -0.05) is 24.3 Å². The van der Waals surface area contributed by atoms with Crippen LogP contribution in [-0.2, 0) is 10.0 Å². The van der Waals surface area contributed by atoms with Crippen LogP contribution in [0.25, 0.3) is 10.8 Å². The molecule has 0 bridgehead atoms. The largest absolute Gasteiger partial charge is 0.507 e. The molecule has 2 heterocycles. The molecule has 6 nitrogen and oxygen atoms in total. The fraction of sp³-hybridized carbons (Fsp3) is 0.211. The Balaban J connectivity index is 1.51. The first kappa shape index (κ1) is 19.4. The number of piperazine rings is 1. The molecule has 4 rings (SSSR count). The molecule has 0 spiro atoms. The molecule has 1 aromatic heterocycles. The van der Waals surface area contributed by atoms with Gasteiger partial charge in [0.2, 0.25) is 0 Å². The van der Waals surface area contributed by atoms with E-state index in [2.05, 4.69) is 15.9 Å². The van der Waals surface area contributed by atoms with Crippen LogP contribution < -0.4 is 0 Å². The first-order valence-corrected chi connectivity index (χ1v) is 11.7. The lowest BCUT2D eigenvalue weighted by molar-refractivity contribution is 0.0695. The predicted molar refractivity (Wildman–Crippen MR) is 112 cm³/mol. The van der Waals surface area contributed by atoms with Crippen molar-refractivity contribution < 1.29 is 18.3 Å². The van der Waals surface area contributed by atoms with E-state index in [1.165, 1.54) is 15.6 Å². The molecule has 1 fully saturated rings. The summed E-state index contributed by atoms with van der Waals surface area (Å²) in [6, 6.07) is 14.0. The zero-order chi connectivity index (χ0) is 19.9. The lowest BCUT2D eigenvalue weighted by atomic mass is 10.0. The number of rotatable bonds is 3. The monoisotopic (exact) mass is 480 g/mol. The topological polar surface area (TPSA) is 77.9 Å². The van der Waals surface area contributed by atoms with Crippen molar-refractivity contribution in [3.05, 3.63) is 57.9 Å². The van der Waals surface area contributed by atoms with E-state index in [0.29, 0.717) is 0 Å². The molecule has 0 unspecified atom stereocenters. The summed E-state index contributed by atoms with van der Waals surface area (Å²) in [5.41, 5.74) is 0.234. The van der Waals surface area contributed by atoms with Gasteiger partial charge in [-0.2, -0.15) is 4.31 Å². The van der Waals surface area contributed by atoms with Gasteiger partial charge in [0.05, 0.1) is 9.35 Å².